The summed E-state index contributed by atoms with van der Waals surface area (Å²) in [4.78, 5) is 24.7. The lowest BCUT2D eigenvalue weighted by atomic mass is 10.1. The monoisotopic (exact) mass is 350 g/mol. The molecule has 0 aliphatic heterocycles. The Hall–Kier alpha value is -3.48. The number of rotatable bonds is 4. The Morgan fingerprint density at radius 3 is 2.62 bits per heavy atom. The molecule has 0 unspecified atom stereocenters. The first-order valence-corrected chi connectivity index (χ1v) is 7.96. The zero-order chi connectivity index (χ0) is 18.7. The predicted octanol–water partition coefficient (Wildman–Crippen LogP) is 2.10. The van der Waals surface area contributed by atoms with Crippen molar-refractivity contribution in [3.63, 3.8) is 0 Å². The van der Waals surface area contributed by atoms with E-state index in [0.29, 0.717) is 22.2 Å². The van der Waals surface area contributed by atoms with Crippen LogP contribution in [0.2, 0.25) is 0 Å². The first-order valence-electron chi connectivity index (χ1n) is 7.96. The normalized spacial score (nSPS) is 11.4. The van der Waals surface area contributed by atoms with Gasteiger partial charge < -0.3 is 4.74 Å². The highest BCUT2D eigenvalue weighted by Gasteiger charge is 2.15. The van der Waals surface area contributed by atoms with Gasteiger partial charge in [-0.3, -0.25) is 9.59 Å². The van der Waals surface area contributed by atoms with Crippen molar-refractivity contribution in [2.24, 2.45) is 12.1 Å². The van der Waals surface area contributed by atoms with Gasteiger partial charge in [-0.25, -0.2) is 10.1 Å². The molecule has 132 valence electrons. The van der Waals surface area contributed by atoms with E-state index in [9.17, 15) is 9.59 Å². The van der Waals surface area contributed by atoms with E-state index in [1.165, 1.54) is 7.05 Å². The number of aryl methyl sites for hydroxylation is 1. The smallest absolute Gasteiger partial charge is 0.292 e. The maximum atomic E-state index is 12.6. The van der Waals surface area contributed by atoms with Crippen LogP contribution in [0.3, 0.4) is 0 Å². The summed E-state index contributed by atoms with van der Waals surface area (Å²) in [5, 5.41) is 9.14. The molecule has 26 heavy (non-hydrogen) atoms. The van der Waals surface area contributed by atoms with E-state index in [2.05, 4.69) is 15.6 Å². The van der Waals surface area contributed by atoms with Crippen molar-refractivity contribution in [1.29, 1.82) is 0 Å². The molecule has 0 atom stereocenters. The van der Waals surface area contributed by atoms with Crippen molar-refractivity contribution in [2.75, 3.05) is 7.11 Å². The third-order valence-corrected chi connectivity index (χ3v) is 3.98. The van der Waals surface area contributed by atoms with E-state index in [-0.39, 0.29) is 11.3 Å². The van der Waals surface area contributed by atoms with Crippen molar-refractivity contribution in [2.45, 2.75) is 6.92 Å². The highest BCUT2D eigenvalue weighted by atomic mass is 16.5. The fourth-order valence-corrected chi connectivity index (χ4v) is 2.57. The Morgan fingerprint density at radius 2 is 1.88 bits per heavy atom. The van der Waals surface area contributed by atoms with Gasteiger partial charge in [-0.2, -0.15) is 10.2 Å². The SMILES string of the molecule is COc1cccc(/C(C)=N\NC(=O)c2nn(C)c(=O)c3ccccc23)c1. The Morgan fingerprint density at radius 1 is 1.15 bits per heavy atom. The number of benzene rings is 2. The Balaban J connectivity index is 1.92. The van der Waals surface area contributed by atoms with Gasteiger partial charge in [0.15, 0.2) is 5.69 Å². The van der Waals surface area contributed by atoms with E-state index in [0.717, 1.165) is 10.2 Å². The molecule has 0 fully saturated rings. The Kier molecular flexibility index (Phi) is 4.79. The summed E-state index contributed by atoms with van der Waals surface area (Å²) in [7, 11) is 3.10. The number of carbonyl (C=O) groups is 1. The molecule has 1 heterocycles. The Labute approximate surface area is 149 Å². The summed E-state index contributed by atoms with van der Waals surface area (Å²) in [6.45, 7) is 1.78. The Bertz CT molecular complexity index is 1070. The number of hydrazone groups is 1. The number of nitrogens with zero attached hydrogens (tertiary/aromatic N) is 3. The van der Waals surface area contributed by atoms with Gasteiger partial charge in [-0.05, 0) is 25.1 Å². The second-order valence-corrected chi connectivity index (χ2v) is 5.69. The van der Waals surface area contributed by atoms with Crippen molar-refractivity contribution < 1.29 is 9.53 Å². The van der Waals surface area contributed by atoms with Crippen LogP contribution in [0.5, 0.6) is 5.75 Å². The first kappa shape index (κ1) is 17.3. The number of fused-ring (bicyclic) bond motifs is 1. The molecular weight excluding hydrogens is 332 g/mol. The highest BCUT2D eigenvalue weighted by molar-refractivity contribution is 6.06. The van der Waals surface area contributed by atoms with Crippen LogP contribution in [-0.4, -0.2) is 28.5 Å². The minimum Gasteiger partial charge on any atom is -0.497 e. The quantitative estimate of drug-likeness (QED) is 0.577. The van der Waals surface area contributed by atoms with Crippen LogP contribution >= 0.6 is 0 Å². The van der Waals surface area contributed by atoms with Crippen molar-refractivity contribution in [3.8, 4) is 5.75 Å². The predicted molar refractivity (Wildman–Crippen MR) is 99.7 cm³/mol. The number of carbonyl (C=O) groups excluding carboxylic acids is 1. The number of aromatic nitrogens is 2. The second-order valence-electron chi connectivity index (χ2n) is 5.69. The highest BCUT2D eigenvalue weighted by Crippen LogP contribution is 2.14. The molecule has 0 radical (unpaired) electrons. The minimum atomic E-state index is -0.487. The van der Waals surface area contributed by atoms with Gasteiger partial charge in [0.1, 0.15) is 5.75 Å². The van der Waals surface area contributed by atoms with E-state index < -0.39 is 5.91 Å². The molecule has 3 rings (SSSR count). The fraction of sp³-hybridized carbons (Fsp3) is 0.158. The van der Waals surface area contributed by atoms with Crippen LogP contribution in [-0.2, 0) is 7.05 Å². The van der Waals surface area contributed by atoms with Crippen molar-refractivity contribution >= 4 is 22.4 Å². The third kappa shape index (κ3) is 3.32. The number of ether oxygens (including phenoxy) is 1. The summed E-state index contributed by atoms with van der Waals surface area (Å²) in [6.07, 6.45) is 0. The molecular formula is C19H18N4O3. The molecule has 1 amide bonds. The maximum absolute atomic E-state index is 12.6. The first-order chi connectivity index (χ1) is 12.5. The number of amides is 1. The molecule has 1 N–H and O–H groups in total. The van der Waals surface area contributed by atoms with E-state index in [1.54, 1.807) is 38.3 Å². The van der Waals surface area contributed by atoms with Crippen LogP contribution in [0.15, 0.2) is 58.4 Å². The maximum Gasteiger partial charge on any atom is 0.292 e. The van der Waals surface area contributed by atoms with Gasteiger partial charge in [-0.1, -0.05) is 30.3 Å². The lowest BCUT2D eigenvalue weighted by Crippen LogP contribution is -2.27. The van der Waals surface area contributed by atoms with Crippen LogP contribution in [0.1, 0.15) is 23.0 Å². The van der Waals surface area contributed by atoms with Gasteiger partial charge in [-0.15, -0.1) is 0 Å². The molecule has 0 saturated carbocycles. The topological polar surface area (TPSA) is 85.6 Å². The molecule has 2 aromatic carbocycles. The van der Waals surface area contributed by atoms with Gasteiger partial charge in [0.25, 0.3) is 11.5 Å². The van der Waals surface area contributed by atoms with Gasteiger partial charge in [0, 0.05) is 18.0 Å². The zero-order valence-corrected chi connectivity index (χ0v) is 14.7. The summed E-state index contributed by atoms with van der Waals surface area (Å²) < 4.78 is 6.34. The second kappa shape index (κ2) is 7.18. The molecule has 0 saturated heterocycles. The summed E-state index contributed by atoms with van der Waals surface area (Å²) in [5.74, 6) is 0.216. The van der Waals surface area contributed by atoms with E-state index in [4.69, 9.17) is 4.74 Å². The molecule has 0 aliphatic rings. The third-order valence-electron chi connectivity index (χ3n) is 3.98. The largest absolute Gasteiger partial charge is 0.497 e. The van der Waals surface area contributed by atoms with Gasteiger partial charge >= 0.3 is 0 Å². The number of hydrogen-bond donors (Lipinski definition) is 1. The van der Waals surface area contributed by atoms with Crippen LogP contribution < -0.4 is 15.7 Å². The molecule has 0 spiro atoms. The van der Waals surface area contributed by atoms with Gasteiger partial charge in [0.2, 0.25) is 0 Å². The number of methoxy groups -OCH3 is 1. The fourth-order valence-electron chi connectivity index (χ4n) is 2.57. The molecule has 1 aromatic heterocycles. The van der Waals surface area contributed by atoms with E-state index in [1.807, 2.05) is 24.3 Å². The van der Waals surface area contributed by atoms with Crippen LogP contribution in [0.25, 0.3) is 10.8 Å². The summed E-state index contributed by atoms with van der Waals surface area (Å²) in [5.41, 5.74) is 3.83. The number of nitrogens with one attached hydrogen (secondary N) is 1. The van der Waals surface area contributed by atoms with Crippen LogP contribution in [0.4, 0.5) is 0 Å². The average Bonchev–Trinajstić information content (AvgIpc) is 2.68. The van der Waals surface area contributed by atoms with Crippen molar-refractivity contribution in [1.82, 2.24) is 15.2 Å². The zero-order valence-electron chi connectivity index (χ0n) is 14.7. The standard InChI is InChI=1S/C19H18N4O3/c1-12(13-7-6-8-14(11-13)26-3)20-21-18(24)17-15-9-4-5-10-16(15)19(25)23(2)22-17/h4-11H,1-3H3,(H,21,24)/b20-12-. The lowest BCUT2D eigenvalue weighted by Gasteiger charge is -2.08. The summed E-state index contributed by atoms with van der Waals surface area (Å²) in [6, 6.07) is 14.2. The lowest BCUT2D eigenvalue weighted by molar-refractivity contribution is 0.0949. The molecule has 7 heteroatoms. The van der Waals surface area contributed by atoms with Crippen LogP contribution in [0, 0.1) is 0 Å². The molecule has 0 aliphatic carbocycles. The molecule has 7 nitrogen and oxygen atoms in total. The summed E-state index contributed by atoms with van der Waals surface area (Å²) >= 11 is 0. The molecule has 0 bridgehead atoms. The molecule has 3 aromatic rings. The minimum absolute atomic E-state index is 0.143. The van der Waals surface area contributed by atoms with Crippen molar-refractivity contribution in [3.05, 3.63) is 70.1 Å². The van der Waals surface area contributed by atoms with Gasteiger partial charge in [0.05, 0.1) is 18.2 Å². The van der Waals surface area contributed by atoms with E-state index >= 15 is 0 Å². The number of hydrogen-bond acceptors (Lipinski definition) is 5. The average molecular weight is 350 g/mol.